The van der Waals surface area contributed by atoms with Gasteiger partial charge < -0.3 is 4.74 Å². The highest BCUT2D eigenvalue weighted by Crippen LogP contribution is 2.43. The van der Waals surface area contributed by atoms with Gasteiger partial charge in [0.05, 0.1) is 12.2 Å². The van der Waals surface area contributed by atoms with Crippen LogP contribution in [0.3, 0.4) is 0 Å². The Labute approximate surface area is 194 Å². The summed E-state index contributed by atoms with van der Waals surface area (Å²) in [6, 6.07) is 37.3. The number of Topliss-reactive ketones (excluding diaryl/α,β-unsaturated/α-hetero) is 1. The SMILES string of the molecule is CCOC(=O)c1ccc(C(=O)C=P(c2ccccc2)(c2ccccc2)c2ccccc2)cc1. The number of carbonyl (C=O) groups is 2. The second kappa shape index (κ2) is 10.3. The number of ether oxygens (including phenoxy) is 1. The zero-order valence-corrected chi connectivity index (χ0v) is 19.3. The Bertz CT molecular complexity index is 1180. The van der Waals surface area contributed by atoms with Crippen LogP contribution in [0.15, 0.2) is 115 Å². The van der Waals surface area contributed by atoms with Gasteiger partial charge in [0, 0.05) is 5.56 Å². The van der Waals surface area contributed by atoms with E-state index in [9.17, 15) is 9.59 Å². The molecule has 0 unspecified atom stereocenters. The van der Waals surface area contributed by atoms with E-state index in [-0.39, 0.29) is 11.8 Å². The monoisotopic (exact) mass is 452 g/mol. The van der Waals surface area contributed by atoms with E-state index in [1.54, 1.807) is 31.2 Å². The van der Waals surface area contributed by atoms with Gasteiger partial charge in [-0.2, -0.15) is 0 Å². The minimum absolute atomic E-state index is 0.0738. The van der Waals surface area contributed by atoms with Crippen molar-refractivity contribution in [3.63, 3.8) is 0 Å². The molecule has 0 saturated heterocycles. The molecule has 0 aliphatic rings. The fourth-order valence-electron chi connectivity index (χ4n) is 3.90. The Balaban J connectivity index is 1.91. The van der Waals surface area contributed by atoms with Crippen molar-refractivity contribution in [3.8, 4) is 0 Å². The molecule has 0 radical (unpaired) electrons. The summed E-state index contributed by atoms with van der Waals surface area (Å²) in [4.78, 5) is 25.6. The highest BCUT2D eigenvalue weighted by Gasteiger charge is 2.26. The molecule has 0 aromatic heterocycles. The summed E-state index contributed by atoms with van der Waals surface area (Å²) in [5.41, 5.74) is 0.971. The van der Waals surface area contributed by atoms with Gasteiger partial charge in [0.15, 0.2) is 5.78 Å². The molecular formula is C29H25O3P. The van der Waals surface area contributed by atoms with Crippen molar-refractivity contribution < 1.29 is 14.3 Å². The molecule has 0 amide bonds. The summed E-state index contributed by atoms with van der Waals surface area (Å²) in [6.45, 7) is -0.303. The van der Waals surface area contributed by atoms with Crippen LogP contribution in [0.4, 0.5) is 0 Å². The zero-order chi connectivity index (χ0) is 23.1. The van der Waals surface area contributed by atoms with E-state index < -0.39 is 6.89 Å². The van der Waals surface area contributed by atoms with Gasteiger partial charge in [-0.05, 0) is 47.7 Å². The van der Waals surface area contributed by atoms with Crippen molar-refractivity contribution in [3.05, 3.63) is 126 Å². The van der Waals surface area contributed by atoms with E-state index >= 15 is 0 Å². The van der Waals surface area contributed by atoms with Gasteiger partial charge in [0.1, 0.15) is 0 Å². The van der Waals surface area contributed by atoms with E-state index in [1.807, 2.05) is 60.4 Å². The number of rotatable bonds is 7. The van der Waals surface area contributed by atoms with Crippen molar-refractivity contribution in [2.45, 2.75) is 6.92 Å². The molecule has 4 rings (SSSR count). The normalized spacial score (nSPS) is 10.9. The van der Waals surface area contributed by atoms with Gasteiger partial charge in [-0.3, -0.25) is 4.79 Å². The Kier molecular flexibility index (Phi) is 7.02. The van der Waals surface area contributed by atoms with Gasteiger partial charge in [0.2, 0.25) is 0 Å². The fraction of sp³-hybridized carbons (Fsp3) is 0.0690. The summed E-state index contributed by atoms with van der Waals surface area (Å²) >= 11 is 0. The molecule has 4 heteroatoms. The molecule has 0 atom stereocenters. The molecule has 0 fully saturated rings. The quantitative estimate of drug-likeness (QED) is 0.229. The maximum atomic E-state index is 13.6. The lowest BCUT2D eigenvalue weighted by molar-refractivity contribution is 0.0526. The lowest BCUT2D eigenvalue weighted by atomic mass is 10.1. The minimum Gasteiger partial charge on any atom is -0.462 e. The first-order valence-electron chi connectivity index (χ1n) is 10.9. The van der Waals surface area contributed by atoms with Crippen LogP contribution in [-0.4, -0.2) is 24.2 Å². The standard InChI is InChI=1S/C29H25O3P/c1-2-32-29(31)24-20-18-23(19-21-24)28(30)22-33(25-12-6-3-7-13-25,26-14-8-4-9-15-26)27-16-10-5-11-17-27/h3-22H,2H2,1H3. The predicted molar refractivity (Wildman–Crippen MR) is 138 cm³/mol. The van der Waals surface area contributed by atoms with Crippen LogP contribution in [0.1, 0.15) is 27.6 Å². The molecule has 0 spiro atoms. The molecule has 0 heterocycles. The van der Waals surface area contributed by atoms with Crippen LogP contribution in [-0.2, 0) is 4.74 Å². The van der Waals surface area contributed by atoms with Crippen LogP contribution in [0.25, 0.3) is 0 Å². The Morgan fingerprint density at radius 3 is 1.42 bits per heavy atom. The molecular weight excluding hydrogens is 427 g/mol. The van der Waals surface area contributed by atoms with Crippen molar-refractivity contribution >= 4 is 40.3 Å². The second-order valence-electron chi connectivity index (χ2n) is 7.52. The summed E-state index contributed by atoms with van der Waals surface area (Å²) in [7, 11) is 0. The second-order valence-corrected chi connectivity index (χ2v) is 10.8. The molecule has 4 aromatic carbocycles. The average molecular weight is 452 g/mol. The maximum Gasteiger partial charge on any atom is 0.338 e. The van der Waals surface area contributed by atoms with E-state index in [4.69, 9.17) is 4.74 Å². The van der Waals surface area contributed by atoms with Crippen LogP contribution < -0.4 is 15.9 Å². The average Bonchev–Trinajstić information content (AvgIpc) is 2.89. The summed E-state index contributed by atoms with van der Waals surface area (Å²) in [5.74, 6) is 1.43. The third-order valence-electron chi connectivity index (χ3n) is 5.48. The molecule has 3 nitrogen and oxygen atoms in total. The van der Waals surface area contributed by atoms with Crippen LogP contribution in [0.5, 0.6) is 0 Å². The van der Waals surface area contributed by atoms with Gasteiger partial charge >= 0.3 is 5.97 Å². The number of hydrogen-bond donors (Lipinski definition) is 0. The number of ketones is 1. The smallest absolute Gasteiger partial charge is 0.338 e. The lowest BCUT2D eigenvalue weighted by Gasteiger charge is -2.28. The number of carbonyl (C=O) groups excluding carboxylic acids is 2. The Morgan fingerprint density at radius 2 is 1.03 bits per heavy atom. The first-order chi connectivity index (χ1) is 16.1. The van der Waals surface area contributed by atoms with Gasteiger partial charge in [0.25, 0.3) is 0 Å². The van der Waals surface area contributed by atoms with Crippen molar-refractivity contribution in [2.75, 3.05) is 6.61 Å². The van der Waals surface area contributed by atoms with E-state index in [2.05, 4.69) is 36.4 Å². The van der Waals surface area contributed by atoms with Crippen LogP contribution in [0.2, 0.25) is 0 Å². The zero-order valence-electron chi connectivity index (χ0n) is 18.4. The van der Waals surface area contributed by atoms with E-state index in [0.717, 1.165) is 15.9 Å². The largest absolute Gasteiger partial charge is 0.462 e. The summed E-state index contributed by atoms with van der Waals surface area (Å²) < 4.78 is 5.06. The number of hydrogen-bond acceptors (Lipinski definition) is 3. The molecule has 0 bridgehead atoms. The Morgan fingerprint density at radius 1 is 0.636 bits per heavy atom. The molecule has 0 N–H and O–H groups in total. The first-order valence-corrected chi connectivity index (χ1v) is 12.7. The van der Waals surface area contributed by atoms with Crippen LogP contribution >= 0.6 is 6.89 Å². The van der Waals surface area contributed by atoms with E-state index in [1.165, 1.54) is 0 Å². The van der Waals surface area contributed by atoms with Crippen molar-refractivity contribution in [1.82, 2.24) is 0 Å². The molecule has 0 aliphatic carbocycles. The number of esters is 1. The maximum absolute atomic E-state index is 13.6. The predicted octanol–water partition coefficient (Wildman–Crippen LogP) is 4.84. The third-order valence-corrected chi connectivity index (χ3v) is 9.44. The first kappa shape index (κ1) is 22.5. The van der Waals surface area contributed by atoms with E-state index in [0.29, 0.717) is 17.7 Å². The molecule has 164 valence electrons. The molecule has 33 heavy (non-hydrogen) atoms. The lowest BCUT2D eigenvalue weighted by Crippen LogP contribution is -2.28. The highest BCUT2D eigenvalue weighted by atomic mass is 31.2. The fourth-order valence-corrected chi connectivity index (χ4v) is 7.67. The van der Waals surface area contributed by atoms with Crippen molar-refractivity contribution in [2.24, 2.45) is 0 Å². The van der Waals surface area contributed by atoms with Crippen molar-refractivity contribution in [1.29, 1.82) is 0 Å². The topological polar surface area (TPSA) is 43.4 Å². The van der Waals surface area contributed by atoms with Gasteiger partial charge in [-0.25, -0.2) is 4.79 Å². The molecule has 4 aromatic rings. The third kappa shape index (κ3) is 4.74. The van der Waals surface area contributed by atoms with Gasteiger partial charge in [-0.1, -0.05) is 103 Å². The molecule has 0 aliphatic heterocycles. The minimum atomic E-state index is -2.38. The molecule has 0 saturated carbocycles. The highest BCUT2D eigenvalue weighted by molar-refractivity contribution is 7.95. The number of benzene rings is 4. The summed E-state index contributed by atoms with van der Waals surface area (Å²) in [5, 5.41) is 3.33. The van der Waals surface area contributed by atoms with Crippen LogP contribution in [0, 0.1) is 0 Å². The summed E-state index contributed by atoms with van der Waals surface area (Å²) in [6.07, 6.45) is 0. The van der Waals surface area contributed by atoms with Gasteiger partial charge in [-0.15, -0.1) is 0 Å². The Hall–Kier alpha value is -3.68.